The van der Waals surface area contributed by atoms with Crippen LogP contribution in [0.2, 0.25) is 0 Å². The van der Waals surface area contributed by atoms with Crippen LogP contribution in [0.15, 0.2) is 71.3 Å². The summed E-state index contributed by atoms with van der Waals surface area (Å²) in [5.74, 6) is 0.504. The molecule has 4 nitrogen and oxygen atoms in total. The molecule has 27 heavy (non-hydrogen) atoms. The third kappa shape index (κ3) is 3.51. The number of hydrogen-bond donors (Lipinski definition) is 1. The maximum absolute atomic E-state index is 12.8. The van der Waals surface area contributed by atoms with Crippen LogP contribution >= 0.6 is 15.9 Å². The number of hydrogen-bond acceptors (Lipinski definition) is 2. The van der Waals surface area contributed by atoms with Crippen LogP contribution in [0, 0.1) is 13.8 Å². The number of amides is 1. The van der Waals surface area contributed by atoms with Gasteiger partial charge in [-0.05, 0) is 49.7 Å². The average molecular weight is 420 g/mol. The zero-order valence-corrected chi connectivity index (χ0v) is 16.6. The van der Waals surface area contributed by atoms with Gasteiger partial charge in [0.25, 0.3) is 5.91 Å². The van der Waals surface area contributed by atoms with Crippen molar-refractivity contribution in [2.75, 3.05) is 5.32 Å². The molecule has 0 unspecified atom stereocenters. The van der Waals surface area contributed by atoms with E-state index in [1.807, 2.05) is 73.0 Å². The lowest BCUT2D eigenvalue weighted by Crippen LogP contribution is -2.14. The number of halogens is 1. The summed E-state index contributed by atoms with van der Waals surface area (Å²) in [5, 5.41) is 3.06. The summed E-state index contributed by atoms with van der Waals surface area (Å²) >= 11 is 3.40. The Morgan fingerprint density at radius 2 is 1.59 bits per heavy atom. The summed E-state index contributed by atoms with van der Waals surface area (Å²) in [6, 6.07) is 19.4. The minimum atomic E-state index is -0.167. The molecule has 4 aromatic rings. The van der Waals surface area contributed by atoms with Crippen LogP contribution in [0.4, 0.5) is 5.82 Å². The first kappa shape index (κ1) is 17.5. The number of imidazole rings is 1. The Balaban J connectivity index is 1.82. The number of nitrogens with one attached hydrogen (secondary N) is 1. The number of pyridine rings is 1. The van der Waals surface area contributed by atoms with E-state index in [9.17, 15) is 4.79 Å². The molecule has 0 aliphatic heterocycles. The molecule has 0 radical (unpaired) electrons. The van der Waals surface area contributed by atoms with Crippen LogP contribution in [0.25, 0.3) is 16.9 Å². The highest BCUT2D eigenvalue weighted by molar-refractivity contribution is 9.10. The SMILES string of the molecule is Cc1ccc(-c2nc3ccc(C)cn3c2NC(=O)c2ccc(Br)cc2)cc1. The smallest absolute Gasteiger partial charge is 0.256 e. The molecule has 0 saturated carbocycles. The predicted octanol–water partition coefficient (Wildman–Crippen LogP) is 5.63. The number of nitrogens with zero attached hydrogens (tertiary/aromatic N) is 2. The molecule has 2 heterocycles. The molecule has 1 N–H and O–H groups in total. The van der Waals surface area contributed by atoms with E-state index < -0.39 is 0 Å². The van der Waals surface area contributed by atoms with Crippen molar-refractivity contribution in [2.24, 2.45) is 0 Å². The van der Waals surface area contributed by atoms with Crippen molar-refractivity contribution in [3.8, 4) is 11.3 Å². The van der Waals surface area contributed by atoms with Gasteiger partial charge in [0.15, 0.2) is 0 Å². The van der Waals surface area contributed by atoms with Crippen LogP contribution in [0.5, 0.6) is 0 Å². The highest BCUT2D eigenvalue weighted by atomic mass is 79.9. The molecule has 0 fully saturated rings. The summed E-state index contributed by atoms with van der Waals surface area (Å²) in [5.41, 5.74) is 5.38. The van der Waals surface area contributed by atoms with Gasteiger partial charge in [-0.25, -0.2) is 4.98 Å². The van der Waals surface area contributed by atoms with Crippen molar-refractivity contribution in [2.45, 2.75) is 13.8 Å². The van der Waals surface area contributed by atoms with Gasteiger partial charge in [0, 0.05) is 21.8 Å². The van der Waals surface area contributed by atoms with E-state index in [2.05, 4.69) is 21.2 Å². The molecule has 0 aliphatic rings. The molecule has 4 rings (SSSR count). The number of aromatic nitrogens is 2. The Labute approximate surface area is 166 Å². The van der Waals surface area contributed by atoms with Crippen molar-refractivity contribution in [1.82, 2.24) is 9.38 Å². The van der Waals surface area contributed by atoms with Gasteiger partial charge >= 0.3 is 0 Å². The lowest BCUT2D eigenvalue weighted by atomic mass is 10.1. The topological polar surface area (TPSA) is 46.4 Å². The van der Waals surface area contributed by atoms with E-state index in [-0.39, 0.29) is 5.91 Å². The monoisotopic (exact) mass is 419 g/mol. The molecular formula is C22H18BrN3O. The lowest BCUT2D eigenvalue weighted by molar-refractivity contribution is 0.102. The standard InChI is InChI=1S/C22H18BrN3O/c1-14-3-6-16(7-4-14)20-21(26-13-15(2)5-12-19(26)24-20)25-22(27)17-8-10-18(23)11-9-17/h3-13H,1-2H3,(H,25,27). The summed E-state index contributed by atoms with van der Waals surface area (Å²) in [4.78, 5) is 17.6. The zero-order valence-electron chi connectivity index (χ0n) is 15.0. The highest BCUT2D eigenvalue weighted by Gasteiger charge is 2.17. The molecule has 0 bridgehead atoms. The van der Waals surface area contributed by atoms with Gasteiger partial charge in [0.2, 0.25) is 0 Å². The number of carbonyl (C=O) groups is 1. The normalized spacial score (nSPS) is 10.9. The predicted molar refractivity (Wildman–Crippen MR) is 112 cm³/mol. The molecule has 0 aliphatic carbocycles. The summed E-state index contributed by atoms with van der Waals surface area (Å²) in [7, 11) is 0. The van der Waals surface area contributed by atoms with Crippen molar-refractivity contribution < 1.29 is 4.79 Å². The van der Waals surface area contributed by atoms with E-state index in [0.29, 0.717) is 11.4 Å². The van der Waals surface area contributed by atoms with Crippen LogP contribution in [-0.2, 0) is 0 Å². The highest BCUT2D eigenvalue weighted by Crippen LogP contribution is 2.30. The maximum Gasteiger partial charge on any atom is 0.256 e. The van der Waals surface area contributed by atoms with Crippen molar-refractivity contribution >= 4 is 33.3 Å². The first-order valence-electron chi connectivity index (χ1n) is 8.64. The van der Waals surface area contributed by atoms with Gasteiger partial charge in [-0.3, -0.25) is 9.20 Å². The zero-order chi connectivity index (χ0) is 19.0. The second kappa shape index (κ2) is 7.00. The molecule has 0 atom stereocenters. The third-order valence-corrected chi connectivity index (χ3v) is 4.96. The van der Waals surface area contributed by atoms with Gasteiger partial charge < -0.3 is 5.32 Å². The van der Waals surface area contributed by atoms with Crippen molar-refractivity contribution in [1.29, 1.82) is 0 Å². The van der Waals surface area contributed by atoms with Gasteiger partial charge in [-0.2, -0.15) is 0 Å². The van der Waals surface area contributed by atoms with Gasteiger partial charge in [-0.15, -0.1) is 0 Å². The molecule has 5 heteroatoms. The summed E-state index contributed by atoms with van der Waals surface area (Å²) < 4.78 is 2.87. The Kier molecular flexibility index (Phi) is 4.54. The minimum absolute atomic E-state index is 0.167. The second-order valence-corrected chi connectivity index (χ2v) is 7.49. The van der Waals surface area contributed by atoms with Crippen molar-refractivity contribution in [3.05, 3.63) is 88.0 Å². The van der Waals surface area contributed by atoms with Crippen LogP contribution in [0.1, 0.15) is 21.5 Å². The van der Waals surface area contributed by atoms with E-state index in [4.69, 9.17) is 4.98 Å². The Bertz CT molecular complexity index is 1130. The number of aryl methyl sites for hydroxylation is 2. The van der Waals surface area contributed by atoms with Gasteiger partial charge in [0.1, 0.15) is 17.2 Å². The molecule has 1 amide bonds. The van der Waals surface area contributed by atoms with Crippen molar-refractivity contribution in [3.63, 3.8) is 0 Å². The number of anilines is 1. The third-order valence-electron chi connectivity index (χ3n) is 4.43. The number of fused-ring (bicyclic) bond motifs is 1. The first-order valence-corrected chi connectivity index (χ1v) is 9.43. The van der Waals surface area contributed by atoms with Crippen LogP contribution in [0.3, 0.4) is 0 Å². The molecule has 134 valence electrons. The molecule has 0 spiro atoms. The number of rotatable bonds is 3. The van der Waals surface area contributed by atoms with E-state index in [0.717, 1.165) is 26.9 Å². The van der Waals surface area contributed by atoms with E-state index in [1.165, 1.54) is 5.56 Å². The molecule has 2 aromatic carbocycles. The quantitative estimate of drug-likeness (QED) is 0.467. The largest absolute Gasteiger partial charge is 0.306 e. The first-order chi connectivity index (χ1) is 13.0. The molecule has 2 aromatic heterocycles. The van der Waals surface area contributed by atoms with E-state index >= 15 is 0 Å². The fraction of sp³-hybridized carbons (Fsp3) is 0.0909. The molecule has 0 saturated heterocycles. The number of carbonyl (C=O) groups excluding carboxylic acids is 1. The summed E-state index contributed by atoms with van der Waals surface area (Å²) in [6.45, 7) is 4.07. The van der Waals surface area contributed by atoms with Crippen LogP contribution < -0.4 is 5.32 Å². The fourth-order valence-corrected chi connectivity index (χ4v) is 3.23. The maximum atomic E-state index is 12.8. The van der Waals surface area contributed by atoms with Crippen LogP contribution in [-0.4, -0.2) is 15.3 Å². The second-order valence-electron chi connectivity index (χ2n) is 6.57. The van der Waals surface area contributed by atoms with E-state index in [1.54, 1.807) is 12.1 Å². The summed E-state index contributed by atoms with van der Waals surface area (Å²) in [6.07, 6.45) is 1.98. The number of benzene rings is 2. The Morgan fingerprint density at radius 1 is 0.926 bits per heavy atom. The Morgan fingerprint density at radius 3 is 2.30 bits per heavy atom. The fourth-order valence-electron chi connectivity index (χ4n) is 2.96. The average Bonchev–Trinajstić information content (AvgIpc) is 3.00. The molecular weight excluding hydrogens is 402 g/mol. The Hall–Kier alpha value is -2.92. The minimum Gasteiger partial charge on any atom is -0.306 e. The van der Waals surface area contributed by atoms with Gasteiger partial charge in [-0.1, -0.05) is 51.8 Å². The van der Waals surface area contributed by atoms with Gasteiger partial charge in [0.05, 0.1) is 0 Å². The lowest BCUT2D eigenvalue weighted by Gasteiger charge is -2.09.